The summed E-state index contributed by atoms with van der Waals surface area (Å²) >= 11 is 5.93. The lowest BCUT2D eigenvalue weighted by Gasteiger charge is -2.09. The summed E-state index contributed by atoms with van der Waals surface area (Å²) in [6.07, 6.45) is 4.89. The van der Waals surface area contributed by atoms with Crippen LogP contribution in [0, 0.1) is 5.82 Å². The molecule has 1 aromatic heterocycles. The van der Waals surface area contributed by atoms with Crippen molar-refractivity contribution in [3.63, 3.8) is 0 Å². The summed E-state index contributed by atoms with van der Waals surface area (Å²) < 4.78 is 14.7. The summed E-state index contributed by atoms with van der Waals surface area (Å²) in [5, 5.41) is 4.74. The minimum absolute atomic E-state index is 0.269. The van der Waals surface area contributed by atoms with E-state index >= 15 is 0 Å². The zero-order valence-electron chi connectivity index (χ0n) is 10.9. The molecule has 5 heteroatoms. The van der Waals surface area contributed by atoms with Gasteiger partial charge >= 0.3 is 0 Å². The molecule has 0 spiro atoms. The van der Waals surface area contributed by atoms with Gasteiger partial charge in [0, 0.05) is 16.8 Å². The van der Waals surface area contributed by atoms with Crippen molar-refractivity contribution in [1.29, 1.82) is 0 Å². The summed E-state index contributed by atoms with van der Waals surface area (Å²) in [6, 6.07) is 13.8. The molecule has 0 saturated heterocycles. The molecule has 3 aromatic rings. The summed E-state index contributed by atoms with van der Waals surface area (Å²) in [4.78, 5) is 3.92. The van der Waals surface area contributed by atoms with Crippen molar-refractivity contribution in [1.82, 2.24) is 14.8 Å². The summed E-state index contributed by atoms with van der Waals surface area (Å²) in [5.41, 5.74) is 2.74. The molecule has 0 amide bonds. The fourth-order valence-corrected chi connectivity index (χ4v) is 2.12. The Labute approximate surface area is 126 Å². The second-order valence-corrected chi connectivity index (χ2v) is 4.87. The van der Waals surface area contributed by atoms with Crippen molar-refractivity contribution in [2.45, 2.75) is 0 Å². The minimum atomic E-state index is -0.269. The number of benzene rings is 2. The van der Waals surface area contributed by atoms with E-state index in [2.05, 4.69) is 10.1 Å². The molecule has 0 radical (unpaired) electrons. The number of hydrogen-bond donors (Lipinski definition) is 0. The Kier molecular flexibility index (Phi) is 3.79. The van der Waals surface area contributed by atoms with Crippen LogP contribution in [0.15, 0.2) is 61.2 Å². The highest BCUT2D eigenvalue weighted by atomic mass is 35.5. The summed E-state index contributed by atoms with van der Waals surface area (Å²) in [7, 11) is 0. The summed E-state index contributed by atoms with van der Waals surface area (Å²) in [5.74, 6) is -0.269. The van der Waals surface area contributed by atoms with Gasteiger partial charge < -0.3 is 0 Å². The topological polar surface area (TPSA) is 30.7 Å². The van der Waals surface area contributed by atoms with Gasteiger partial charge in [-0.2, -0.15) is 5.10 Å². The van der Waals surface area contributed by atoms with Gasteiger partial charge in [-0.3, -0.25) is 0 Å². The van der Waals surface area contributed by atoms with Crippen LogP contribution in [0.4, 0.5) is 4.39 Å². The molecule has 104 valence electrons. The van der Waals surface area contributed by atoms with Crippen molar-refractivity contribution < 1.29 is 4.39 Å². The highest BCUT2D eigenvalue weighted by molar-refractivity contribution is 6.30. The van der Waals surface area contributed by atoms with Crippen LogP contribution in [0.25, 0.3) is 11.8 Å². The molecule has 0 fully saturated rings. The number of nitrogens with zero attached hydrogens (tertiary/aromatic N) is 3. The van der Waals surface area contributed by atoms with Crippen LogP contribution < -0.4 is 0 Å². The van der Waals surface area contributed by atoms with E-state index in [0.29, 0.717) is 5.02 Å². The Hall–Kier alpha value is -2.46. The Morgan fingerprint density at radius 3 is 2.19 bits per heavy atom. The fourth-order valence-electron chi connectivity index (χ4n) is 1.99. The maximum Gasteiger partial charge on any atom is 0.138 e. The van der Waals surface area contributed by atoms with Crippen LogP contribution in [0.2, 0.25) is 5.02 Å². The monoisotopic (exact) mass is 299 g/mol. The van der Waals surface area contributed by atoms with Gasteiger partial charge in [0.2, 0.25) is 0 Å². The quantitative estimate of drug-likeness (QED) is 0.728. The van der Waals surface area contributed by atoms with E-state index in [9.17, 15) is 4.39 Å². The van der Waals surface area contributed by atoms with Crippen molar-refractivity contribution >= 4 is 23.4 Å². The molecular formula is C16H11ClFN3. The second kappa shape index (κ2) is 5.89. The molecule has 0 saturated carbocycles. The predicted molar refractivity (Wildman–Crippen MR) is 81.1 cm³/mol. The minimum Gasteiger partial charge on any atom is -0.228 e. The van der Waals surface area contributed by atoms with Gasteiger partial charge in [-0.05, 0) is 35.4 Å². The molecule has 0 unspecified atom stereocenters. The van der Waals surface area contributed by atoms with Crippen LogP contribution >= 0.6 is 11.6 Å². The first kappa shape index (κ1) is 13.5. The van der Waals surface area contributed by atoms with E-state index in [0.717, 1.165) is 16.7 Å². The van der Waals surface area contributed by atoms with Gasteiger partial charge in [0.25, 0.3) is 0 Å². The molecular weight excluding hydrogens is 289 g/mol. The molecule has 2 aromatic carbocycles. The SMILES string of the molecule is Fc1ccc(C(=Cn2cncn2)c2ccc(Cl)cc2)cc1. The van der Waals surface area contributed by atoms with E-state index in [1.165, 1.54) is 18.5 Å². The number of hydrogen-bond acceptors (Lipinski definition) is 2. The first-order valence-corrected chi connectivity index (χ1v) is 6.68. The van der Waals surface area contributed by atoms with Gasteiger partial charge in [-0.15, -0.1) is 0 Å². The first-order valence-electron chi connectivity index (χ1n) is 6.30. The molecule has 0 bridgehead atoms. The van der Waals surface area contributed by atoms with Crippen molar-refractivity contribution in [3.05, 3.63) is 83.2 Å². The molecule has 0 atom stereocenters. The van der Waals surface area contributed by atoms with Gasteiger partial charge in [0.1, 0.15) is 18.5 Å². The number of aromatic nitrogens is 3. The maximum absolute atomic E-state index is 13.1. The molecule has 3 rings (SSSR count). The molecule has 3 nitrogen and oxygen atoms in total. The lowest BCUT2D eigenvalue weighted by atomic mass is 9.99. The van der Waals surface area contributed by atoms with Gasteiger partial charge in [-0.1, -0.05) is 35.9 Å². The smallest absolute Gasteiger partial charge is 0.138 e. The molecule has 21 heavy (non-hydrogen) atoms. The van der Waals surface area contributed by atoms with Crippen LogP contribution in [-0.2, 0) is 0 Å². The predicted octanol–water partition coefficient (Wildman–Crippen LogP) is 4.12. The lowest BCUT2D eigenvalue weighted by molar-refractivity contribution is 0.627. The fraction of sp³-hybridized carbons (Fsp3) is 0. The highest BCUT2D eigenvalue weighted by Gasteiger charge is 2.06. The first-order chi connectivity index (χ1) is 10.2. The number of rotatable bonds is 3. The van der Waals surface area contributed by atoms with E-state index in [-0.39, 0.29) is 5.82 Å². The largest absolute Gasteiger partial charge is 0.228 e. The van der Waals surface area contributed by atoms with Crippen molar-refractivity contribution in [2.24, 2.45) is 0 Å². The third kappa shape index (κ3) is 3.17. The lowest BCUT2D eigenvalue weighted by Crippen LogP contribution is -1.93. The Balaban J connectivity index is 2.10. The maximum atomic E-state index is 13.1. The molecule has 0 aliphatic heterocycles. The number of halogens is 2. The average molecular weight is 300 g/mol. The molecule has 1 heterocycles. The average Bonchev–Trinajstić information content (AvgIpc) is 3.00. The van der Waals surface area contributed by atoms with Gasteiger partial charge in [0.05, 0.1) is 0 Å². The standard InChI is InChI=1S/C16H11ClFN3/c17-14-5-1-12(2-6-14)16(9-21-11-19-10-20-21)13-3-7-15(18)8-4-13/h1-11H. The van der Waals surface area contributed by atoms with E-state index < -0.39 is 0 Å². The zero-order valence-corrected chi connectivity index (χ0v) is 11.7. The van der Waals surface area contributed by atoms with E-state index in [4.69, 9.17) is 11.6 Å². The Bertz CT molecular complexity index is 700. The molecule has 0 aliphatic rings. The summed E-state index contributed by atoms with van der Waals surface area (Å²) in [6.45, 7) is 0. The van der Waals surface area contributed by atoms with Gasteiger partial charge in [-0.25, -0.2) is 14.1 Å². The van der Waals surface area contributed by atoms with Crippen LogP contribution in [0.5, 0.6) is 0 Å². The third-order valence-electron chi connectivity index (χ3n) is 3.01. The van der Waals surface area contributed by atoms with E-state index in [1.54, 1.807) is 23.1 Å². The third-order valence-corrected chi connectivity index (χ3v) is 3.26. The Morgan fingerprint density at radius 2 is 1.62 bits per heavy atom. The van der Waals surface area contributed by atoms with Crippen LogP contribution in [-0.4, -0.2) is 14.8 Å². The van der Waals surface area contributed by atoms with Crippen molar-refractivity contribution in [3.8, 4) is 0 Å². The molecule has 0 N–H and O–H groups in total. The second-order valence-electron chi connectivity index (χ2n) is 4.43. The van der Waals surface area contributed by atoms with Crippen LogP contribution in [0.3, 0.4) is 0 Å². The van der Waals surface area contributed by atoms with E-state index in [1.807, 2.05) is 30.5 Å². The zero-order chi connectivity index (χ0) is 14.7. The van der Waals surface area contributed by atoms with Crippen molar-refractivity contribution in [2.75, 3.05) is 0 Å². The van der Waals surface area contributed by atoms with Gasteiger partial charge in [0.15, 0.2) is 0 Å². The highest BCUT2D eigenvalue weighted by Crippen LogP contribution is 2.25. The normalized spacial score (nSPS) is 11.6. The molecule has 0 aliphatic carbocycles. The Morgan fingerprint density at radius 1 is 1.00 bits per heavy atom. The van der Waals surface area contributed by atoms with Crippen LogP contribution in [0.1, 0.15) is 11.1 Å².